The van der Waals surface area contributed by atoms with E-state index >= 15 is 0 Å². The van der Waals surface area contributed by atoms with Gasteiger partial charge in [-0.2, -0.15) is 16.8 Å². The third-order valence-electron chi connectivity index (χ3n) is 3.77. The molecule has 0 radical (unpaired) electrons. The fourth-order valence-corrected chi connectivity index (χ4v) is 4.36. The van der Waals surface area contributed by atoms with Crippen LogP contribution in [0.4, 0.5) is 0 Å². The highest BCUT2D eigenvalue weighted by Crippen LogP contribution is 2.24. The Kier molecular flexibility index (Phi) is 6.29. The summed E-state index contributed by atoms with van der Waals surface area (Å²) in [5.74, 6) is 1.29. The maximum atomic E-state index is 12.6. The monoisotopic (exact) mass is 426 g/mol. The van der Waals surface area contributed by atoms with E-state index in [0.29, 0.717) is 20.4 Å². The van der Waals surface area contributed by atoms with E-state index in [9.17, 15) is 4.79 Å². The van der Waals surface area contributed by atoms with Crippen LogP contribution in [0.25, 0.3) is 10.2 Å². The number of hydrogen-bond donors (Lipinski definition) is 0. The van der Waals surface area contributed by atoms with E-state index in [1.54, 1.807) is 37.1 Å². The molecule has 136 valence electrons. The molecule has 0 atom stereocenters. The number of benzene rings is 2. The summed E-state index contributed by atoms with van der Waals surface area (Å²) in [5.41, 5.74) is 1.33. The summed E-state index contributed by atoms with van der Waals surface area (Å²) in [7, 11) is 1.64. The van der Waals surface area contributed by atoms with Crippen molar-refractivity contribution in [3.8, 4) is 5.75 Å². The Bertz CT molecular complexity index is 1030. The van der Waals surface area contributed by atoms with Gasteiger partial charge in [-0.1, -0.05) is 34.5 Å². The highest BCUT2D eigenvalue weighted by Gasteiger charge is 2.13. The minimum atomic E-state index is -0.386. The molecule has 0 spiro atoms. The number of fused-ring (bicyclic) bond motifs is 1. The Morgan fingerprint density at radius 3 is 2.77 bits per heavy atom. The van der Waals surface area contributed by atoms with Crippen LogP contribution in [0.1, 0.15) is 10.4 Å². The molecule has 0 unspecified atom stereocenters. The quantitative estimate of drug-likeness (QED) is 0.568. The third kappa shape index (κ3) is 4.09. The maximum absolute atomic E-state index is 12.6. The number of methoxy groups -OCH3 is 1. The standard InChI is InChI=1S/C18H16Cl2N2O2S2/c1-24-12-4-6-16-15(10-12)22(7-8-25-2)18(26-16)21-17(23)13-5-3-11(19)9-14(13)20/h3-6,9-10H,7-8H2,1-2H3. The first-order chi connectivity index (χ1) is 12.5. The first-order valence-corrected chi connectivity index (χ1v) is 10.7. The summed E-state index contributed by atoms with van der Waals surface area (Å²) < 4.78 is 8.41. The van der Waals surface area contributed by atoms with Crippen molar-refractivity contribution in [3.63, 3.8) is 0 Å². The van der Waals surface area contributed by atoms with Crippen LogP contribution >= 0.6 is 46.3 Å². The lowest BCUT2D eigenvalue weighted by Gasteiger charge is -2.05. The van der Waals surface area contributed by atoms with Crippen molar-refractivity contribution in [1.82, 2.24) is 4.57 Å². The van der Waals surface area contributed by atoms with Crippen molar-refractivity contribution in [1.29, 1.82) is 0 Å². The molecule has 3 aromatic rings. The zero-order valence-electron chi connectivity index (χ0n) is 14.2. The average Bonchev–Trinajstić information content (AvgIpc) is 2.95. The Hall–Kier alpha value is -1.47. The van der Waals surface area contributed by atoms with Gasteiger partial charge < -0.3 is 9.30 Å². The molecular formula is C18H16Cl2N2O2S2. The van der Waals surface area contributed by atoms with Crippen LogP contribution in [-0.4, -0.2) is 29.6 Å². The van der Waals surface area contributed by atoms with E-state index < -0.39 is 0 Å². The third-order valence-corrected chi connectivity index (χ3v) is 5.96. The van der Waals surface area contributed by atoms with Gasteiger partial charge in [0, 0.05) is 23.4 Å². The number of carbonyl (C=O) groups is 1. The van der Waals surface area contributed by atoms with Gasteiger partial charge in [-0.3, -0.25) is 4.79 Å². The summed E-state index contributed by atoms with van der Waals surface area (Å²) >= 11 is 15.3. The van der Waals surface area contributed by atoms with Gasteiger partial charge in [-0.15, -0.1) is 0 Å². The molecule has 0 aliphatic rings. The van der Waals surface area contributed by atoms with Gasteiger partial charge >= 0.3 is 0 Å². The second-order valence-electron chi connectivity index (χ2n) is 5.40. The summed E-state index contributed by atoms with van der Waals surface area (Å²) in [6.07, 6.45) is 2.05. The van der Waals surface area contributed by atoms with Crippen molar-refractivity contribution >= 4 is 62.4 Å². The molecule has 26 heavy (non-hydrogen) atoms. The Morgan fingerprint density at radius 1 is 1.27 bits per heavy atom. The van der Waals surface area contributed by atoms with Crippen LogP contribution in [0.3, 0.4) is 0 Å². The van der Waals surface area contributed by atoms with E-state index in [2.05, 4.69) is 4.99 Å². The van der Waals surface area contributed by atoms with Gasteiger partial charge in [0.2, 0.25) is 0 Å². The van der Waals surface area contributed by atoms with Gasteiger partial charge in [0.1, 0.15) is 5.75 Å². The van der Waals surface area contributed by atoms with Gasteiger partial charge in [-0.05, 0) is 36.6 Å². The topological polar surface area (TPSA) is 43.6 Å². The molecule has 0 bridgehead atoms. The van der Waals surface area contributed by atoms with Crippen LogP contribution in [0.5, 0.6) is 5.75 Å². The molecule has 1 heterocycles. The van der Waals surface area contributed by atoms with E-state index in [0.717, 1.165) is 28.3 Å². The van der Waals surface area contributed by atoms with Gasteiger partial charge in [-0.25, -0.2) is 0 Å². The first kappa shape index (κ1) is 19.3. The van der Waals surface area contributed by atoms with Crippen LogP contribution < -0.4 is 9.54 Å². The van der Waals surface area contributed by atoms with Crippen LogP contribution in [0.2, 0.25) is 10.0 Å². The minimum Gasteiger partial charge on any atom is -0.497 e. The lowest BCUT2D eigenvalue weighted by atomic mass is 10.2. The molecule has 4 nitrogen and oxygen atoms in total. The van der Waals surface area contributed by atoms with Gasteiger partial charge in [0.05, 0.1) is 27.9 Å². The molecule has 1 aromatic heterocycles. The molecule has 0 saturated heterocycles. The molecule has 0 saturated carbocycles. The number of amides is 1. The molecule has 0 aliphatic heterocycles. The predicted octanol–water partition coefficient (Wildman–Crippen LogP) is 5.12. The summed E-state index contributed by atoms with van der Waals surface area (Å²) in [6, 6.07) is 10.6. The molecule has 2 aromatic carbocycles. The van der Waals surface area contributed by atoms with Crippen molar-refractivity contribution in [2.24, 2.45) is 4.99 Å². The van der Waals surface area contributed by atoms with E-state index in [4.69, 9.17) is 27.9 Å². The number of aromatic nitrogens is 1. The predicted molar refractivity (Wildman–Crippen MR) is 111 cm³/mol. The van der Waals surface area contributed by atoms with Crippen molar-refractivity contribution in [2.45, 2.75) is 6.54 Å². The van der Waals surface area contributed by atoms with Gasteiger partial charge in [0.25, 0.3) is 5.91 Å². The van der Waals surface area contributed by atoms with E-state index in [-0.39, 0.29) is 5.91 Å². The number of halogens is 2. The molecular weight excluding hydrogens is 411 g/mol. The normalized spacial score (nSPS) is 11.9. The summed E-state index contributed by atoms with van der Waals surface area (Å²) in [5, 5.41) is 0.778. The van der Waals surface area contributed by atoms with Crippen LogP contribution in [0, 0.1) is 0 Å². The average molecular weight is 427 g/mol. The van der Waals surface area contributed by atoms with Crippen molar-refractivity contribution in [3.05, 3.63) is 56.8 Å². The largest absolute Gasteiger partial charge is 0.497 e. The second kappa shape index (κ2) is 8.48. The summed E-state index contributed by atoms with van der Waals surface area (Å²) in [4.78, 5) is 17.6. The lowest BCUT2D eigenvalue weighted by molar-refractivity contribution is 0.0998. The van der Waals surface area contributed by atoms with E-state index in [1.807, 2.05) is 29.0 Å². The number of aryl methyl sites for hydroxylation is 1. The molecule has 3 rings (SSSR count). The van der Waals surface area contributed by atoms with Crippen LogP contribution in [-0.2, 0) is 6.54 Å². The molecule has 1 amide bonds. The number of hydrogen-bond acceptors (Lipinski definition) is 4. The molecule has 8 heteroatoms. The van der Waals surface area contributed by atoms with Crippen molar-refractivity contribution < 1.29 is 9.53 Å². The number of ether oxygens (including phenoxy) is 1. The molecule has 0 N–H and O–H groups in total. The second-order valence-corrected chi connectivity index (χ2v) is 8.24. The van der Waals surface area contributed by atoms with Gasteiger partial charge in [0.15, 0.2) is 4.80 Å². The van der Waals surface area contributed by atoms with Crippen molar-refractivity contribution in [2.75, 3.05) is 19.1 Å². The highest BCUT2D eigenvalue weighted by atomic mass is 35.5. The first-order valence-electron chi connectivity index (χ1n) is 7.74. The molecule has 0 aliphatic carbocycles. The fraction of sp³-hybridized carbons (Fsp3) is 0.222. The zero-order valence-corrected chi connectivity index (χ0v) is 17.3. The zero-order chi connectivity index (χ0) is 18.7. The Labute approximate surface area is 169 Å². The molecule has 0 fully saturated rings. The lowest BCUT2D eigenvalue weighted by Crippen LogP contribution is -2.18. The Morgan fingerprint density at radius 2 is 2.08 bits per heavy atom. The minimum absolute atomic E-state index is 0.296. The number of carbonyl (C=O) groups excluding carboxylic acids is 1. The fourth-order valence-electron chi connectivity index (χ4n) is 2.47. The Balaban J connectivity index is 2.12. The number of thiazole rings is 1. The number of nitrogens with zero attached hydrogens (tertiary/aromatic N) is 2. The smallest absolute Gasteiger partial charge is 0.281 e. The number of thioether (sulfide) groups is 1. The maximum Gasteiger partial charge on any atom is 0.281 e. The highest BCUT2D eigenvalue weighted by molar-refractivity contribution is 7.98. The number of rotatable bonds is 5. The van der Waals surface area contributed by atoms with Crippen LogP contribution in [0.15, 0.2) is 41.4 Å². The van der Waals surface area contributed by atoms with E-state index in [1.165, 1.54) is 11.3 Å². The summed E-state index contributed by atoms with van der Waals surface area (Å²) in [6.45, 7) is 0.745. The SMILES string of the molecule is COc1ccc2sc(=NC(=O)c3ccc(Cl)cc3Cl)n(CCSC)c2c1.